The van der Waals surface area contributed by atoms with Gasteiger partial charge in [0.2, 0.25) is 0 Å². The number of hydrogen-bond acceptors (Lipinski definition) is 2. The number of hydrogen-bond donors (Lipinski definition) is 0. The quantitative estimate of drug-likeness (QED) is 0.524. The normalized spacial score (nSPS) is 18.3. The monoisotopic (exact) mass is 288 g/mol. The van der Waals surface area contributed by atoms with E-state index in [9.17, 15) is 0 Å². The summed E-state index contributed by atoms with van der Waals surface area (Å²) in [4.78, 5) is 0. The average Bonchev–Trinajstić information content (AvgIpc) is 2.87. The van der Waals surface area contributed by atoms with E-state index in [0.717, 1.165) is 50.1 Å². The van der Waals surface area contributed by atoms with E-state index in [0.29, 0.717) is 0 Å². The lowest BCUT2D eigenvalue weighted by molar-refractivity contribution is 0.423. The highest BCUT2D eigenvalue weighted by Gasteiger charge is 2.18. The molecular weight excluding hydrogens is 272 g/mol. The maximum atomic E-state index is 6.16. The van der Waals surface area contributed by atoms with Crippen LogP contribution >= 0.6 is 0 Å². The second kappa shape index (κ2) is 4.63. The van der Waals surface area contributed by atoms with Gasteiger partial charge in [-0.2, -0.15) is 0 Å². The van der Waals surface area contributed by atoms with E-state index in [1.54, 1.807) is 0 Å². The molecule has 1 aromatic heterocycles. The van der Waals surface area contributed by atoms with Crippen molar-refractivity contribution in [2.45, 2.75) is 13.8 Å². The molecule has 4 rings (SSSR count). The Morgan fingerprint density at radius 1 is 0.955 bits per heavy atom. The van der Waals surface area contributed by atoms with Gasteiger partial charge in [-0.25, -0.2) is 0 Å². The van der Waals surface area contributed by atoms with Gasteiger partial charge in [0, 0.05) is 16.3 Å². The van der Waals surface area contributed by atoms with Crippen molar-refractivity contribution < 1.29 is 9.15 Å². The molecule has 0 bridgehead atoms. The number of para-hydroxylation sites is 1. The Balaban J connectivity index is 2.13. The topological polar surface area (TPSA) is 22.4 Å². The maximum absolute atomic E-state index is 6.16. The summed E-state index contributed by atoms with van der Waals surface area (Å²) in [6.45, 7) is 8.12. The van der Waals surface area contributed by atoms with Gasteiger partial charge in [-0.3, -0.25) is 0 Å². The fraction of sp³-hybridized carbons (Fsp3) is 0.100. The number of ether oxygens (including phenoxy) is 1. The van der Waals surface area contributed by atoms with Crippen molar-refractivity contribution in [3.8, 4) is 5.75 Å². The second-order valence-electron chi connectivity index (χ2n) is 5.64. The van der Waals surface area contributed by atoms with Gasteiger partial charge < -0.3 is 9.15 Å². The number of rotatable bonds is 0. The van der Waals surface area contributed by atoms with E-state index < -0.39 is 0 Å². The molecule has 0 saturated carbocycles. The molecule has 2 aromatic carbocycles. The van der Waals surface area contributed by atoms with E-state index in [2.05, 4.69) is 43.8 Å². The summed E-state index contributed by atoms with van der Waals surface area (Å²) in [5.74, 6) is 1.57. The van der Waals surface area contributed by atoms with Crippen LogP contribution in [0.5, 0.6) is 5.75 Å². The zero-order valence-corrected chi connectivity index (χ0v) is 12.6. The summed E-state index contributed by atoms with van der Waals surface area (Å²) >= 11 is 0. The van der Waals surface area contributed by atoms with Crippen LogP contribution in [0, 0.1) is 6.92 Å². The van der Waals surface area contributed by atoms with E-state index >= 15 is 0 Å². The Morgan fingerprint density at radius 3 is 2.64 bits per heavy atom. The fourth-order valence-corrected chi connectivity index (χ4v) is 2.92. The van der Waals surface area contributed by atoms with Crippen LogP contribution in [0.4, 0.5) is 0 Å². The molecule has 2 heteroatoms. The lowest BCUT2D eigenvalue weighted by Crippen LogP contribution is -1.96. The Bertz CT molecular complexity index is 984. The summed E-state index contributed by atoms with van der Waals surface area (Å²) in [7, 11) is 0. The van der Waals surface area contributed by atoms with Crippen molar-refractivity contribution in [1.29, 1.82) is 0 Å². The predicted octanol–water partition coefficient (Wildman–Crippen LogP) is 5.76. The molecule has 108 valence electrons. The molecule has 0 saturated heterocycles. The smallest absolute Gasteiger partial charge is 0.178 e. The molecular formula is C20H16O2. The number of allylic oxidation sites excluding steroid dienone is 5. The van der Waals surface area contributed by atoms with Gasteiger partial charge in [-0.1, -0.05) is 36.9 Å². The van der Waals surface area contributed by atoms with E-state index in [-0.39, 0.29) is 0 Å². The summed E-state index contributed by atoms with van der Waals surface area (Å²) in [5.41, 5.74) is 4.70. The molecule has 0 fully saturated rings. The molecule has 1 aliphatic heterocycles. The van der Waals surface area contributed by atoms with Gasteiger partial charge in [-0.15, -0.1) is 0 Å². The van der Waals surface area contributed by atoms with Crippen LogP contribution in [0.25, 0.3) is 27.5 Å². The van der Waals surface area contributed by atoms with Crippen molar-refractivity contribution >= 4 is 27.5 Å². The van der Waals surface area contributed by atoms with Gasteiger partial charge in [0.1, 0.15) is 11.3 Å². The van der Waals surface area contributed by atoms with E-state index in [1.165, 1.54) is 0 Å². The Kier molecular flexibility index (Phi) is 2.73. The number of aryl methyl sites for hydroxylation is 1. The molecule has 0 aliphatic carbocycles. The Hall–Kier alpha value is -2.74. The van der Waals surface area contributed by atoms with Crippen molar-refractivity contribution in [3.63, 3.8) is 0 Å². The highest BCUT2D eigenvalue weighted by atomic mass is 16.5. The molecule has 2 nitrogen and oxygen atoms in total. The first-order chi connectivity index (χ1) is 10.6. The minimum atomic E-state index is 0.746. The SMILES string of the molecule is C=C1/C=C\C=C(\C)Oc2c1ccc1c2oc2c(C)cccc21. The van der Waals surface area contributed by atoms with Crippen molar-refractivity contribution in [2.24, 2.45) is 0 Å². The largest absolute Gasteiger partial charge is 0.457 e. The molecule has 0 spiro atoms. The second-order valence-corrected chi connectivity index (χ2v) is 5.64. The number of furan rings is 1. The van der Waals surface area contributed by atoms with Crippen molar-refractivity contribution in [2.75, 3.05) is 0 Å². The van der Waals surface area contributed by atoms with Gasteiger partial charge in [0.25, 0.3) is 0 Å². The summed E-state index contributed by atoms with van der Waals surface area (Å²) < 4.78 is 12.2. The molecule has 0 amide bonds. The molecule has 2 heterocycles. The van der Waals surface area contributed by atoms with Crippen LogP contribution in [0.2, 0.25) is 0 Å². The standard InChI is InChI=1S/C20H16O2/c1-12-6-4-8-14(3)21-19-15(12)10-11-17-16-9-5-7-13(2)18(16)22-20(17)19/h4-11H,1H2,2-3H3/b6-4-,14-8-. The lowest BCUT2D eigenvalue weighted by Gasteiger charge is -2.13. The lowest BCUT2D eigenvalue weighted by atomic mass is 10.0. The third-order valence-corrected chi connectivity index (χ3v) is 4.06. The summed E-state index contributed by atoms with van der Waals surface area (Å²) in [6, 6.07) is 10.3. The van der Waals surface area contributed by atoms with Gasteiger partial charge in [0.15, 0.2) is 11.3 Å². The highest BCUT2D eigenvalue weighted by Crippen LogP contribution is 2.41. The number of benzene rings is 2. The van der Waals surface area contributed by atoms with Crippen LogP contribution in [-0.2, 0) is 0 Å². The van der Waals surface area contributed by atoms with E-state index in [4.69, 9.17) is 9.15 Å². The maximum Gasteiger partial charge on any atom is 0.178 e. The average molecular weight is 288 g/mol. The van der Waals surface area contributed by atoms with Gasteiger partial charge >= 0.3 is 0 Å². The molecule has 1 aliphatic rings. The predicted molar refractivity (Wildman–Crippen MR) is 91.0 cm³/mol. The first-order valence-corrected chi connectivity index (χ1v) is 7.32. The zero-order valence-electron chi connectivity index (χ0n) is 12.6. The minimum absolute atomic E-state index is 0.746. The third-order valence-electron chi connectivity index (χ3n) is 4.06. The highest BCUT2D eigenvalue weighted by molar-refractivity contribution is 6.09. The summed E-state index contributed by atoms with van der Waals surface area (Å²) in [6.07, 6.45) is 5.87. The molecule has 22 heavy (non-hydrogen) atoms. The summed E-state index contributed by atoms with van der Waals surface area (Å²) in [5, 5.41) is 2.19. The van der Waals surface area contributed by atoms with Gasteiger partial charge in [0.05, 0.1) is 0 Å². The van der Waals surface area contributed by atoms with Gasteiger partial charge in [-0.05, 0) is 43.2 Å². The van der Waals surface area contributed by atoms with Crippen LogP contribution in [-0.4, -0.2) is 0 Å². The molecule has 0 radical (unpaired) electrons. The van der Waals surface area contributed by atoms with Crippen molar-refractivity contribution in [1.82, 2.24) is 0 Å². The van der Waals surface area contributed by atoms with Crippen LogP contribution < -0.4 is 4.74 Å². The van der Waals surface area contributed by atoms with Crippen LogP contribution in [0.3, 0.4) is 0 Å². The Labute approximate surface area is 129 Å². The first kappa shape index (κ1) is 13.0. The minimum Gasteiger partial charge on any atom is -0.457 e. The zero-order chi connectivity index (χ0) is 15.3. The molecule has 0 N–H and O–H groups in total. The van der Waals surface area contributed by atoms with Crippen LogP contribution in [0.15, 0.2) is 65.3 Å². The van der Waals surface area contributed by atoms with E-state index in [1.807, 2.05) is 25.2 Å². The van der Waals surface area contributed by atoms with Crippen molar-refractivity contribution in [3.05, 3.63) is 72.0 Å². The third kappa shape index (κ3) is 1.81. The van der Waals surface area contributed by atoms with Crippen LogP contribution in [0.1, 0.15) is 18.1 Å². The number of fused-ring (bicyclic) bond motifs is 5. The fourth-order valence-electron chi connectivity index (χ4n) is 2.92. The molecule has 0 unspecified atom stereocenters. The molecule has 0 atom stereocenters. The Morgan fingerprint density at radius 2 is 1.77 bits per heavy atom. The first-order valence-electron chi connectivity index (χ1n) is 7.32. The molecule has 3 aromatic rings.